The first kappa shape index (κ1) is 29.3. The molecule has 0 atom stereocenters. The van der Waals surface area contributed by atoms with Crippen LogP contribution >= 0.6 is 0 Å². The molecule has 0 radical (unpaired) electrons. The molecule has 0 spiro atoms. The molecule has 2 aromatic heterocycles. The Bertz CT molecular complexity index is 2510. The Morgan fingerprint density at radius 3 is 1.48 bits per heavy atom. The maximum Gasteiger partial charge on any atom is 0.164 e. The Morgan fingerprint density at radius 2 is 0.860 bits per heavy atom. The van der Waals surface area contributed by atoms with Gasteiger partial charge < -0.3 is 9.32 Å². The Balaban J connectivity index is 1.22. The number of hydrogen-bond donors (Lipinski definition) is 0. The van der Waals surface area contributed by atoms with E-state index in [1.54, 1.807) is 0 Å². The van der Waals surface area contributed by atoms with Gasteiger partial charge in [-0.25, -0.2) is 15.0 Å². The van der Waals surface area contributed by atoms with Crippen molar-refractivity contribution >= 4 is 39.0 Å². The molecule has 0 amide bonds. The van der Waals surface area contributed by atoms with Crippen LogP contribution in [0.25, 0.3) is 67.2 Å². The molecule has 0 unspecified atom stereocenters. The molecule has 50 heavy (non-hydrogen) atoms. The molecule has 0 N–H and O–H groups in total. The van der Waals surface area contributed by atoms with Crippen molar-refractivity contribution in [2.24, 2.45) is 0 Å². The summed E-state index contributed by atoms with van der Waals surface area (Å²) >= 11 is 0. The monoisotopic (exact) mass is 642 g/mol. The molecule has 9 aromatic rings. The lowest BCUT2D eigenvalue weighted by Gasteiger charge is -2.25. The molecule has 2 heterocycles. The average molecular weight is 643 g/mol. The van der Waals surface area contributed by atoms with Gasteiger partial charge in [-0.05, 0) is 59.7 Å². The van der Waals surface area contributed by atoms with Gasteiger partial charge >= 0.3 is 0 Å². The van der Waals surface area contributed by atoms with Crippen LogP contribution in [0.3, 0.4) is 0 Å². The van der Waals surface area contributed by atoms with E-state index in [1.165, 1.54) is 11.1 Å². The molecule has 0 aliphatic carbocycles. The minimum absolute atomic E-state index is 0.591. The zero-order valence-electron chi connectivity index (χ0n) is 27.0. The SMILES string of the molecule is c1ccc(-c2ccc(N(c3ccccc3)c3ccc4oc5cccc(-c6nc(-c7ccccc7)nc(-c7ccccc7)n6)c5c4c3)cc2)cc1. The van der Waals surface area contributed by atoms with Crippen LogP contribution in [0.15, 0.2) is 186 Å². The van der Waals surface area contributed by atoms with Crippen LogP contribution in [-0.4, -0.2) is 15.0 Å². The summed E-state index contributed by atoms with van der Waals surface area (Å²) in [6.07, 6.45) is 0. The highest BCUT2D eigenvalue weighted by Crippen LogP contribution is 2.41. The highest BCUT2D eigenvalue weighted by molar-refractivity contribution is 6.13. The third-order valence-electron chi connectivity index (χ3n) is 8.92. The smallest absolute Gasteiger partial charge is 0.164 e. The number of hydrogen-bond acceptors (Lipinski definition) is 5. The Hall–Kier alpha value is -6.85. The topological polar surface area (TPSA) is 55.1 Å². The standard InChI is InChI=1S/C45H30N4O/c1-5-14-31(15-6-1)32-24-26-36(27-25-32)49(35-20-11-4-12-21-35)37-28-29-40-39(30-37)42-38(22-13-23-41(42)50-40)45-47-43(33-16-7-2-8-17-33)46-44(48-45)34-18-9-3-10-19-34/h1-30H. The highest BCUT2D eigenvalue weighted by Gasteiger charge is 2.20. The van der Waals surface area contributed by atoms with E-state index in [0.717, 1.165) is 55.7 Å². The third kappa shape index (κ3) is 5.47. The molecular weight excluding hydrogens is 613 g/mol. The van der Waals surface area contributed by atoms with Gasteiger partial charge in [0.05, 0.1) is 0 Å². The molecule has 0 bridgehead atoms. The minimum atomic E-state index is 0.591. The van der Waals surface area contributed by atoms with Gasteiger partial charge in [0.25, 0.3) is 0 Å². The van der Waals surface area contributed by atoms with E-state index >= 15 is 0 Å². The summed E-state index contributed by atoms with van der Waals surface area (Å²) in [7, 11) is 0. The van der Waals surface area contributed by atoms with Crippen molar-refractivity contribution in [1.29, 1.82) is 0 Å². The second-order valence-corrected chi connectivity index (χ2v) is 12.1. The van der Waals surface area contributed by atoms with E-state index in [4.69, 9.17) is 19.4 Å². The van der Waals surface area contributed by atoms with Crippen LogP contribution in [0.5, 0.6) is 0 Å². The number of para-hydroxylation sites is 1. The molecule has 7 aromatic carbocycles. The first-order chi connectivity index (χ1) is 24.8. The molecule has 0 saturated heterocycles. The van der Waals surface area contributed by atoms with Gasteiger partial charge in [-0.15, -0.1) is 0 Å². The van der Waals surface area contributed by atoms with Gasteiger partial charge in [0, 0.05) is 44.5 Å². The molecule has 0 saturated carbocycles. The lowest BCUT2D eigenvalue weighted by Crippen LogP contribution is -2.09. The van der Waals surface area contributed by atoms with Gasteiger partial charge in [0.2, 0.25) is 0 Å². The van der Waals surface area contributed by atoms with E-state index in [9.17, 15) is 0 Å². The molecule has 5 nitrogen and oxygen atoms in total. The highest BCUT2D eigenvalue weighted by atomic mass is 16.3. The van der Waals surface area contributed by atoms with E-state index in [-0.39, 0.29) is 0 Å². The molecule has 0 aliphatic rings. The average Bonchev–Trinajstić information content (AvgIpc) is 3.58. The summed E-state index contributed by atoms with van der Waals surface area (Å²) in [5, 5.41) is 1.94. The first-order valence-corrected chi connectivity index (χ1v) is 16.6. The van der Waals surface area contributed by atoms with Crippen LogP contribution in [0.4, 0.5) is 17.1 Å². The van der Waals surface area contributed by atoms with Crippen molar-refractivity contribution in [3.63, 3.8) is 0 Å². The fraction of sp³-hybridized carbons (Fsp3) is 0. The van der Waals surface area contributed by atoms with Gasteiger partial charge in [-0.2, -0.15) is 0 Å². The van der Waals surface area contributed by atoms with Gasteiger partial charge in [0.15, 0.2) is 17.5 Å². The Morgan fingerprint density at radius 1 is 0.360 bits per heavy atom. The molecule has 9 rings (SSSR count). The molecule has 5 heteroatoms. The summed E-state index contributed by atoms with van der Waals surface area (Å²) in [4.78, 5) is 17.3. The molecular formula is C45H30N4O. The van der Waals surface area contributed by atoms with Crippen molar-refractivity contribution in [2.45, 2.75) is 0 Å². The Kier molecular flexibility index (Phi) is 7.41. The number of aromatic nitrogens is 3. The quantitative estimate of drug-likeness (QED) is 0.173. The number of rotatable bonds is 7. The van der Waals surface area contributed by atoms with E-state index in [2.05, 4.69) is 102 Å². The number of benzene rings is 7. The van der Waals surface area contributed by atoms with Crippen LogP contribution in [0.2, 0.25) is 0 Å². The van der Waals surface area contributed by atoms with Crippen molar-refractivity contribution in [3.8, 4) is 45.3 Å². The van der Waals surface area contributed by atoms with Crippen molar-refractivity contribution in [1.82, 2.24) is 15.0 Å². The molecule has 0 fully saturated rings. The second kappa shape index (κ2) is 12.6. The predicted octanol–water partition coefficient (Wildman–Crippen LogP) is 11.9. The lowest BCUT2D eigenvalue weighted by atomic mass is 10.0. The zero-order valence-corrected chi connectivity index (χ0v) is 27.0. The summed E-state index contributed by atoms with van der Waals surface area (Å²) in [5.41, 5.74) is 9.80. The van der Waals surface area contributed by atoms with Crippen LogP contribution < -0.4 is 4.90 Å². The zero-order chi connectivity index (χ0) is 33.3. The summed E-state index contributed by atoms with van der Waals surface area (Å²) in [5.74, 6) is 1.83. The predicted molar refractivity (Wildman–Crippen MR) is 204 cm³/mol. The number of nitrogens with zero attached hydrogens (tertiary/aromatic N) is 4. The van der Waals surface area contributed by atoms with Crippen molar-refractivity contribution in [3.05, 3.63) is 182 Å². The van der Waals surface area contributed by atoms with Crippen LogP contribution in [0, 0.1) is 0 Å². The van der Waals surface area contributed by atoms with E-state index in [1.807, 2.05) is 84.9 Å². The summed E-state index contributed by atoms with van der Waals surface area (Å²) in [6.45, 7) is 0. The maximum atomic E-state index is 6.47. The van der Waals surface area contributed by atoms with Gasteiger partial charge in [-0.1, -0.05) is 133 Å². The minimum Gasteiger partial charge on any atom is -0.456 e. The maximum absolute atomic E-state index is 6.47. The third-order valence-corrected chi connectivity index (χ3v) is 8.92. The van der Waals surface area contributed by atoms with Gasteiger partial charge in [0.1, 0.15) is 11.2 Å². The summed E-state index contributed by atoms with van der Waals surface area (Å²) < 4.78 is 6.47. The van der Waals surface area contributed by atoms with E-state index < -0.39 is 0 Å². The number of fused-ring (bicyclic) bond motifs is 3. The van der Waals surface area contributed by atoms with Crippen molar-refractivity contribution in [2.75, 3.05) is 4.90 Å². The number of anilines is 3. The molecule has 236 valence electrons. The largest absolute Gasteiger partial charge is 0.456 e. The molecule has 0 aliphatic heterocycles. The normalized spacial score (nSPS) is 11.2. The van der Waals surface area contributed by atoms with Crippen molar-refractivity contribution < 1.29 is 4.42 Å². The fourth-order valence-electron chi connectivity index (χ4n) is 6.53. The fourth-order valence-corrected chi connectivity index (χ4v) is 6.53. The van der Waals surface area contributed by atoms with E-state index in [0.29, 0.717) is 17.5 Å². The first-order valence-electron chi connectivity index (χ1n) is 16.6. The van der Waals surface area contributed by atoms with Crippen LogP contribution in [0.1, 0.15) is 0 Å². The summed E-state index contributed by atoms with van der Waals surface area (Å²) in [6, 6.07) is 62.2. The van der Waals surface area contributed by atoms with Gasteiger partial charge in [-0.3, -0.25) is 0 Å². The van der Waals surface area contributed by atoms with Crippen LogP contribution in [-0.2, 0) is 0 Å². The second-order valence-electron chi connectivity index (χ2n) is 12.1. The number of furan rings is 1. The lowest BCUT2D eigenvalue weighted by molar-refractivity contribution is 0.669. The Labute approximate surface area is 289 Å².